The largest absolute Gasteiger partial charge is 0.355 e. The van der Waals surface area contributed by atoms with Gasteiger partial charge in [0, 0.05) is 22.6 Å². The smallest absolute Gasteiger partial charge is 0.273 e. The van der Waals surface area contributed by atoms with Crippen LogP contribution in [0.15, 0.2) is 57.7 Å². The minimum absolute atomic E-state index is 0.0994. The van der Waals surface area contributed by atoms with Gasteiger partial charge < -0.3 is 9.84 Å². The van der Waals surface area contributed by atoms with E-state index in [1.165, 1.54) is 17.4 Å². The molecular formula is C18H13N5O3S2. The zero-order chi connectivity index (χ0) is 19.3. The van der Waals surface area contributed by atoms with Crippen LogP contribution in [0.3, 0.4) is 0 Å². The highest BCUT2D eigenvalue weighted by Gasteiger charge is 2.15. The second-order valence-corrected chi connectivity index (χ2v) is 7.36. The molecule has 2 amide bonds. The Bertz CT molecular complexity index is 1090. The van der Waals surface area contributed by atoms with Gasteiger partial charge in [0.15, 0.2) is 11.5 Å². The number of hydrogen-bond donors (Lipinski definition) is 2. The van der Waals surface area contributed by atoms with Crippen molar-refractivity contribution < 1.29 is 14.1 Å². The number of amides is 2. The maximum Gasteiger partial charge on any atom is 0.273 e. The van der Waals surface area contributed by atoms with E-state index in [1.807, 2.05) is 47.2 Å². The molecule has 0 fully saturated rings. The Kier molecular flexibility index (Phi) is 5.22. The van der Waals surface area contributed by atoms with Crippen molar-refractivity contribution in [1.82, 2.24) is 20.7 Å². The minimum Gasteiger partial charge on any atom is -0.355 e. The Hall–Kier alpha value is -3.37. The lowest BCUT2D eigenvalue weighted by Crippen LogP contribution is -2.33. The molecule has 10 heteroatoms. The summed E-state index contributed by atoms with van der Waals surface area (Å²) in [5.41, 5.74) is 1.86. The molecule has 0 saturated carbocycles. The zero-order valence-corrected chi connectivity index (χ0v) is 15.9. The Balaban J connectivity index is 1.31. The van der Waals surface area contributed by atoms with Crippen LogP contribution in [-0.4, -0.2) is 33.7 Å². The average molecular weight is 411 g/mol. The van der Waals surface area contributed by atoms with Crippen LogP contribution in [0.25, 0.3) is 21.9 Å². The second kappa shape index (κ2) is 8.11. The lowest BCUT2D eigenvalue weighted by Gasteiger charge is -2.02. The molecule has 8 nitrogen and oxygen atoms in total. The van der Waals surface area contributed by atoms with Crippen LogP contribution in [0.5, 0.6) is 0 Å². The van der Waals surface area contributed by atoms with Gasteiger partial charge in [0.25, 0.3) is 5.91 Å². The highest BCUT2D eigenvalue weighted by molar-refractivity contribution is 7.19. The van der Waals surface area contributed by atoms with Crippen molar-refractivity contribution in [3.05, 3.63) is 58.9 Å². The van der Waals surface area contributed by atoms with Gasteiger partial charge in [0.2, 0.25) is 11.0 Å². The van der Waals surface area contributed by atoms with Crippen molar-refractivity contribution in [2.75, 3.05) is 11.9 Å². The Morgan fingerprint density at radius 2 is 1.93 bits per heavy atom. The van der Waals surface area contributed by atoms with E-state index < -0.39 is 11.8 Å². The number of carbonyl (C=O) groups is 2. The molecular weight excluding hydrogens is 398 g/mol. The molecule has 0 aliphatic heterocycles. The highest BCUT2D eigenvalue weighted by atomic mass is 32.1. The Morgan fingerprint density at radius 3 is 2.71 bits per heavy atom. The van der Waals surface area contributed by atoms with Crippen LogP contribution in [0, 0.1) is 0 Å². The molecule has 0 unspecified atom stereocenters. The number of rotatable bonds is 6. The molecule has 3 aromatic heterocycles. The molecule has 0 aliphatic carbocycles. The normalized spacial score (nSPS) is 10.6. The van der Waals surface area contributed by atoms with E-state index in [1.54, 1.807) is 11.3 Å². The number of thiophene rings is 1. The van der Waals surface area contributed by atoms with Crippen LogP contribution >= 0.6 is 22.7 Å². The summed E-state index contributed by atoms with van der Waals surface area (Å²) in [5.74, 6) is -0.435. The van der Waals surface area contributed by atoms with Gasteiger partial charge in [0.1, 0.15) is 5.01 Å². The summed E-state index contributed by atoms with van der Waals surface area (Å²) in [4.78, 5) is 24.2. The number of nitrogens with zero attached hydrogens (tertiary/aromatic N) is 3. The van der Waals surface area contributed by atoms with Gasteiger partial charge in [-0.25, -0.2) is 0 Å². The third kappa shape index (κ3) is 4.13. The van der Waals surface area contributed by atoms with Crippen LogP contribution in [0.4, 0.5) is 5.13 Å². The molecule has 3 heterocycles. The van der Waals surface area contributed by atoms with Gasteiger partial charge in [0.05, 0.1) is 6.54 Å². The predicted molar refractivity (Wildman–Crippen MR) is 106 cm³/mol. The molecule has 4 rings (SSSR count). The van der Waals surface area contributed by atoms with E-state index >= 15 is 0 Å². The molecule has 0 bridgehead atoms. The Labute approximate surface area is 167 Å². The van der Waals surface area contributed by atoms with Crippen LogP contribution in [0.1, 0.15) is 10.5 Å². The van der Waals surface area contributed by atoms with Crippen LogP contribution in [0.2, 0.25) is 0 Å². The first-order valence-corrected chi connectivity index (χ1v) is 9.91. The quantitative estimate of drug-likeness (QED) is 0.504. The molecule has 0 radical (unpaired) electrons. The molecule has 0 aliphatic rings. The predicted octanol–water partition coefficient (Wildman–Crippen LogP) is 3.29. The van der Waals surface area contributed by atoms with E-state index in [0.29, 0.717) is 10.9 Å². The summed E-state index contributed by atoms with van der Waals surface area (Å²) >= 11 is 2.82. The van der Waals surface area contributed by atoms with Crippen molar-refractivity contribution in [3.8, 4) is 21.9 Å². The van der Waals surface area contributed by atoms with Crippen LogP contribution < -0.4 is 10.6 Å². The zero-order valence-electron chi connectivity index (χ0n) is 14.3. The number of anilines is 1. The summed E-state index contributed by atoms with van der Waals surface area (Å²) in [5, 5.41) is 21.8. The van der Waals surface area contributed by atoms with Crippen molar-refractivity contribution in [2.24, 2.45) is 0 Å². The van der Waals surface area contributed by atoms with Gasteiger partial charge in [-0.3, -0.25) is 14.9 Å². The maximum atomic E-state index is 12.2. The van der Waals surface area contributed by atoms with E-state index in [9.17, 15) is 9.59 Å². The van der Waals surface area contributed by atoms with Gasteiger partial charge in [-0.15, -0.1) is 10.2 Å². The molecule has 0 spiro atoms. The standard InChI is InChI=1S/C18H13N5O3S2/c24-15(20-18-22-21-17(28-18)12-6-7-27-10-12)9-19-16(25)13-8-14(26-23-13)11-4-2-1-3-5-11/h1-8,10H,9H2,(H,19,25)(H,20,22,24). The van der Waals surface area contributed by atoms with Gasteiger partial charge in [-0.2, -0.15) is 11.3 Å². The summed E-state index contributed by atoms with van der Waals surface area (Å²) in [6, 6.07) is 12.8. The van der Waals surface area contributed by atoms with Crippen molar-refractivity contribution >= 4 is 39.6 Å². The molecule has 28 heavy (non-hydrogen) atoms. The first-order chi connectivity index (χ1) is 13.7. The lowest BCUT2D eigenvalue weighted by atomic mass is 10.1. The monoisotopic (exact) mass is 411 g/mol. The molecule has 140 valence electrons. The van der Waals surface area contributed by atoms with E-state index in [0.717, 1.165) is 16.1 Å². The SMILES string of the molecule is O=C(CNC(=O)c1cc(-c2ccccc2)on1)Nc1nnc(-c2ccsc2)s1. The van der Waals surface area contributed by atoms with Crippen LogP contribution in [-0.2, 0) is 4.79 Å². The average Bonchev–Trinajstić information content (AvgIpc) is 3.47. The molecule has 4 aromatic rings. The molecule has 0 atom stereocenters. The number of hydrogen-bond acceptors (Lipinski definition) is 8. The first-order valence-electron chi connectivity index (χ1n) is 8.15. The number of nitrogens with one attached hydrogen (secondary N) is 2. The summed E-state index contributed by atoms with van der Waals surface area (Å²) < 4.78 is 5.19. The lowest BCUT2D eigenvalue weighted by molar-refractivity contribution is -0.115. The minimum atomic E-state index is -0.502. The molecule has 1 aromatic carbocycles. The van der Waals surface area contributed by atoms with Crippen molar-refractivity contribution in [3.63, 3.8) is 0 Å². The first kappa shape index (κ1) is 18.0. The fourth-order valence-corrected chi connectivity index (χ4v) is 3.78. The summed E-state index contributed by atoms with van der Waals surface area (Å²) in [6.45, 7) is -0.222. The topological polar surface area (TPSA) is 110 Å². The fourth-order valence-electron chi connectivity index (χ4n) is 2.31. The highest BCUT2D eigenvalue weighted by Crippen LogP contribution is 2.27. The summed E-state index contributed by atoms with van der Waals surface area (Å²) in [6.07, 6.45) is 0. The number of aromatic nitrogens is 3. The molecule has 2 N–H and O–H groups in total. The third-order valence-electron chi connectivity index (χ3n) is 3.65. The van der Waals surface area contributed by atoms with E-state index in [4.69, 9.17) is 4.52 Å². The van der Waals surface area contributed by atoms with Crippen molar-refractivity contribution in [1.29, 1.82) is 0 Å². The third-order valence-corrected chi connectivity index (χ3v) is 5.22. The molecule has 0 saturated heterocycles. The van der Waals surface area contributed by atoms with Crippen molar-refractivity contribution in [2.45, 2.75) is 0 Å². The maximum absolute atomic E-state index is 12.2. The Morgan fingerprint density at radius 1 is 1.07 bits per heavy atom. The number of carbonyl (C=O) groups excluding carboxylic acids is 2. The van der Waals surface area contributed by atoms with Gasteiger partial charge in [-0.1, -0.05) is 46.8 Å². The number of benzene rings is 1. The van der Waals surface area contributed by atoms with E-state index in [2.05, 4.69) is 26.0 Å². The fraction of sp³-hybridized carbons (Fsp3) is 0.0556. The van der Waals surface area contributed by atoms with Gasteiger partial charge in [-0.05, 0) is 11.4 Å². The second-order valence-electron chi connectivity index (χ2n) is 5.60. The summed E-state index contributed by atoms with van der Waals surface area (Å²) in [7, 11) is 0. The van der Waals surface area contributed by atoms with Gasteiger partial charge >= 0.3 is 0 Å². The van der Waals surface area contributed by atoms with E-state index in [-0.39, 0.29) is 12.2 Å².